The molecule has 108 valence electrons. The number of halogens is 1. The summed E-state index contributed by atoms with van der Waals surface area (Å²) in [6.07, 6.45) is 3.42. The summed E-state index contributed by atoms with van der Waals surface area (Å²) in [5.74, 6) is -0.284. The molecule has 1 rings (SSSR count). The number of hydrogen-bond acceptors (Lipinski definition) is 3. The summed E-state index contributed by atoms with van der Waals surface area (Å²) in [7, 11) is 1.93. The Morgan fingerprint density at radius 3 is 2.58 bits per heavy atom. The largest absolute Gasteiger partial charge is 0.312 e. The van der Waals surface area contributed by atoms with Gasteiger partial charge in [-0.1, -0.05) is 13.8 Å². The van der Waals surface area contributed by atoms with Gasteiger partial charge in [0.05, 0.1) is 17.9 Å². The minimum Gasteiger partial charge on any atom is -0.312 e. The van der Waals surface area contributed by atoms with Crippen LogP contribution in [0.2, 0.25) is 0 Å². The lowest BCUT2D eigenvalue weighted by molar-refractivity contribution is 0.204. The third-order valence-electron chi connectivity index (χ3n) is 3.78. The zero-order chi connectivity index (χ0) is 14.3. The highest BCUT2D eigenvalue weighted by Crippen LogP contribution is 2.16. The summed E-state index contributed by atoms with van der Waals surface area (Å²) in [5.41, 5.74) is 0.907. The molecular formula is C15H26FN3. The van der Waals surface area contributed by atoms with Gasteiger partial charge in [0.2, 0.25) is 0 Å². The van der Waals surface area contributed by atoms with Crippen molar-refractivity contribution in [2.45, 2.75) is 45.7 Å². The van der Waals surface area contributed by atoms with Crippen LogP contribution in [0, 0.1) is 5.82 Å². The number of nitrogens with one attached hydrogen (secondary N) is 1. The maximum absolute atomic E-state index is 12.9. The summed E-state index contributed by atoms with van der Waals surface area (Å²) < 4.78 is 12.9. The zero-order valence-electron chi connectivity index (χ0n) is 12.5. The van der Waals surface area contributed by atoms with Crippen molar-refractivity contribution in [1.82, 2.24) is 15.2 Å². The van der Waals surface area contributed by atoms with Crippen molar-refractivity contribution in [2.24, 2.45) is 0 Å². The number of aromatic nitrogens is 1. The highest BCUT2D eigenvalue weighted by Gasteiger charge is 2.15. The molecule has 0 radical (unpaired) electrons. The maximum atomic E-state index is 12.9. The molecule has 1 aromatic heterocycles. The van der Waals surface area contributed by atoms with Gasteiger partial charge in [0.25, 0.3) is 0 Å². The monoisotopic (exact) mass is 267 g/mol. The molecule has 0 aliphatic rings. The van der Waals surface area contributed by atoms with Crippen LogP contribution in [-0.2, 0) is 0 Å². The summed E-state index contributed by atoms with van der Waals surface area (Å²) in [4.78, 5) is 6.63. The predicted molar refractivity (Wildman–Crippen MR) is 77.6 cm³/mol. The van der Waals surface area contributed by atoms with Crippen LogP contribution in [0.3, 0.4) is 0 Å². The smallest absolute Gasteiger partial charge is 0.141 e. The van der Waals surface area contributed by atoms with Crippen LogP contribution < -0.4 is 5.32 Å². The Kier molecular flexibility index (Phi) is 6.95. The average Bonchev–Trinajstić information content (AvgIpc) is 2.44. The third-order valence-corrected chi connectivity index (χ3v) is 3.78. The topological polar surface area (TPSA) is 28.2 Å². The molecule has 2 unspecified atom stereocenters. The van der Waals surface area contributed by atoms with E-state index in [-0.39, 0.29) is 11.9 Å². The number of pyridine rings is 1. The van der Waals surface area contributed by atoms with Gasteiger partial charge in [-0.25, -0.2) is 4.39 Å². The van der Waals surface area contributed by atoms with Crippen LogP contribution in [0.15, 0.2) is 18.3 Å². The van der Waals surface area contributed by atoms with Crippen molar-refractivity contribution >= 4 is 0 Å². The number of nitrogens with zero attached hydrogens (tertiary/aromatic N) is 2. The van der Waals surface area contributed by atoms with Gasteiger partial charge < -0.3 is 10.2 Å². The highest BCUT2D eigenvalue weighted by atomic mass is 19.1. The number of hydrogen-bond donors (Lipinski definition) is 1. The van der Waals surface area contributed by atoms with Crippen LogP contribution in [-0.4, -0.2) is 36.1 Å². The molecule has 19 heavy (non-hydrogen) atoms. The number of rotatable bonds is 8. The molecule has 4 heteroatoms. The Morgan fingerprint density at radius 2 is 2.11 bits per heavy atom. The molecule has 0 fully saturated rings. The van der Waals surface area contributed by atoms with Gasteiger partial charge in [-0.05, 0) is 45.5 Å². The Labute approximate surface area is 116 Å². The summed E-state index contributed by atoms with van der Waals surface area (Å²) in [6.45, 7) is 8.74. The molecule has 2 atom stereocenters. The lowest BCUT2D eigenvalue weighted by atomic mass is 10.1. The maximum Gasteiger partial charge on any atom is 0.141 e. The molecule has 0 aromatic carbocycles. The van der Waals surface area contributed by atoms with Crippen LogP contribution >= 0.6 is 0 Å². The van der Waals surface area contributed by atoms with Gasteiger partial charge in [-0.3, -0.25) is 4.98 Å². The molecule has 1 aromatic rings. The van der Waals surface area contributed by atoms with E-state index < -0.39 is 0 Å². The third kappa shape index (κ3) is 4.88. The molecule has 0 aliphatic heterocycles. The van der Waals surface area contributed by atoms with Gasteiger partial charge >= 0.3 is 0 Å². The van der Waals surface area contributed by atoms with Crippen molar-refractivity contribution in [3.05, 3.63) is 29.8 Å². The van der Waals surface area contributed by atoms with E-state index >= 15 is 0 Å². The zero-order valence-corrected chi connectivity index (χ0v) is 12.5. The first-order chi connectivity index (χ1) is 9.12. The molecule has 0 saturated heterocycles. The molecule has 0 bridgehead atoms. The molecular weight excluding hydrogens is 241 g/mol. The van der Waals surface area contributed by atoms with Crippen LogP contribution in [0.25, 0.3) is 0 Å². The fourth-order valence-electron chi connectivity index (χ4n) is 2.28. The minimum atomic E-state index is -0.284. The first-order valence-corrected chi connectivity index (χ1v) is 7.15. The van der Waals surface area contributed by atoms with Crippen molar-refractivity contribution in [1.29, 1.82) is 0 Å². The Balaban J connectivity index is 2.59. The first-order valence-electron chi connectivity index (χ1n) is 7.15. The quantitative estimate of drug-likeness (QED) is 0.785. The Hall–Kier alpha value is -1.00. The van der Waals surface area contributed by atoms with E-state index in [1.165, 1.54) is 12.3 Å². The molecule has 3 nitrogen and oxygen atoms in total. The van der Waals surface area contributed by atoms with Crippen molar-refractivity contribution in [3.8, 4) is 0 Å². The van der Waals surface area contributed by atoms with E-state index in [4.69, 9.17) is 0 Å². The van der Waals surface area contributed by atoms with Gasteiger partial charge in [0.1, 0.15) is 5.82 Å². The lowest BCUT2D eigenvalue weighted by Crippen LogP contribution is -2.35. The fourth-order valence-corrected chi connectivity index (χ4v) is 2.28. The molecule has 0 spiro atoms. The SMILES string of the molecule is CCC(C)N(CC)CCC(NC)c1ccc(F)cn1. The lowest BCUT2D eigenvalue weighted by Gasteiger charge is -2.28. The first kappa shape index (κ1) is 16.1. The second kappa shape index (κ2) is 8.23. The van der Waals surface area contributed by atoms with Gasteiger partial charge in [-0.15, -0.1) is 0 Å². The molecule has 1 heterocycles. The van der Waals surface area contributed by atoms with Gasteiger partial charge in [0.15, 0.2) is 0 Å². The minimum absolute atomic E-state index is 0.179. The van der Waals surface area contributed by atoms with Gasteiger partial charge in [-0.2, -0.15) is 0 Å². The summed E-state index contributed by atoms with van der Waals surface area (Å²) in [5, 5.41) is 3.26. The van der Waals surface area contributed by atoms with E-state index in [1.54, 1.807) is 6.07 Å². The molecule has 1 N–H and O–H groups in total. The van der Waals surface area contributed by atoms with Crippen LogP contribution in [0.5, 0.6) is 0 Å². The van der Waals surface area contributed by atoms with Crippen molar-refractivity contribution < 1.29 is 4.39 Å². The Morgan fingerprint density at radius 1 is 1.37 bits per heavy atom. The second-order valence-corrected chi connectivity index (χ2v) is 4.92. The summed E-state index contributed by atoms with van der Waals surface area (Å²) >= 11 is 0. The van der Waals surface area contributed by atoms with E-state index in [0.717, 1.165) is 31.6 Å². The van der Waals surface area contributed by atoms with Crippen LogP contribution in [0.1, 0.15) is 45.3 Å². The van der Waals surface area contributed by atoms with E-state index in [1.807, 2.05) is 7.05 Å². The standard InChI is InChI=1S/C15H26FN3/c1-5-12(3)19(6-2)10-9-14(17-4)15-8-7-13(16)11-18-15/h7-8,11-12,14,17H,5-6,9-10H2,1-4H3. The molecule has 0 saturated carbocycles. The van der Waals surface area contributed by atoms with E-state index in [2.05, 4.69) is 36.0 Å². The predicted octanol–water partition coefficient (Wildman–Crippen LogP) is 2.99. The van der Waals surface area contributed by atoms with Crippen LogP contribution in [0.4, 0.5) is 4.39 Å². The fraction of sp³-hybridized carbons (Fsp3) is 0.667. The highest BCUT2D eigenvalue weighted by molar-refractivity contribution is 5.09. The average molecular weight is 267 g/mol. The normalized spacial score (nSPS) is 14.6. The van der Waals surface area contributed by atoms with Gasteiger partial charge in [0, 0.05) is 12.6 Å². The van der Waals surface area contributed by atoms with Crippen molar-refractivity contribution in [3.63, 3.8) is 0 Å². The summed E-state index contributed by atoms with van der Waals surface area (Å²) in [6, 6.07) is 4.01. The molecule has 0 aliphatic carbocycles. The Bertz CT molecular complexity index is 353. The van der Waals surface area contributed by atoms with Crippen molar-refractivity contribution in [2.75, 3.05) is 20.1 Å². The molecule has 0 amide bonds. The van der Waals surface area contributed by atoms with E-state index in [9.17, 15) is 4.39 Å². The second-order valence-electron chi connectivity index (χ2n) is 4.92. The van der Waals surface area contributed by atoms with E-state index in [0.29, 0.717) is 6.04 Å².